The second kappa shape index (κ2) is 4.65. The van der Waals surface area contributed by atoms with Gasteiger partial charge < -0.3 is 0 Å². The molecule has 0 heterocycles. The third-order valence-electron chi connectivity index (χ3n) is 2.16. The van der Waals surface area contributed by atoms with E-state index in [4.69, 9.17) is 4.74 Å². The molecule has 0 amide bonds. The first-order valence-corrected chi connectivity index (χ1v) is 5.44. The van der Waals surface area contributed by atoms with Gasteiger partial charge in [-0.25, -0.2) is 0 Å². The number of ether oxygens (including phenoxy) is 1. The molecule has 0 spiro atoms. The summed E-state index contributed by atoms with van der Waals surface area (Å²) in [7, 11) is 1.63. The fraction of sp³-hybridized carbons (Fsp3) is 0.364. The Hall–Kier alpha value is -0.752. The third kappa shape index (κ3) is 2.19. The maximum atomic E-state index is 11.3. The maximum absolute atomic E-state index is 11.3. The molecule has 14 heavy (non-hydrogen) atoms. The molecule has 2 nitrogen and oxygen atoms in total. The molecule has 0 aliphatic heterocycles. The summed E-state index contributed by atoms with van der Waals surface area (Å²) in [6, 6.07) is 3.81. The van der Waals surface area contributed by atoms with E-state index in [1.165, 1.54) is 0 Å². The molecule has 3 heteroatoms. The van der Waals surface area contributed by atoms with Gasteiger partial charge in [-0.15, -0.1) is 0 Å². The third-order valence-corrected chi connectivity index (χ3v) is 2.94. The van der Waals surface area contributed by atoms with Crippen LogP contribution in [0.1, 0.15) is 29.8 Å². The second-order valence-corrected chi connectivity index (χ2v) is 4.10. The summed E-state index contributed by atoms with van der Waals surface area (Å²) in [6.45, 7) is 3.63. The summed E-state index contributed by atoms with van der Waals surface area (Å²) >= 11 is 2.43. The van der Waals surface area contributed by atoms with E-state index in [0.29, 0.717) is 0 Å². The Morgan fingerprint density at radius 2 is 2.14 bits per heavy atom. The van der Waals surface area contributed by atoms with E-state index in [2.05, 4.69) is 23.8 Å². The molecule has 0 aliphatic carbocycles. The number of ketones is 1. The van der Waals surface area contributed by atoms with Gasteiger partial charge >= 0.3 is 92.9 Å². The van der Waals surface area contributed by atoms with Crippen LogP contribution in [-0.2, 0) is 6.42 Å². The van der Waals surface area contributed by atoms with Gasteiger partial charge in [-0.1, -0.05) is 0 Å². The van der Waals surface area contributed by atoms with E-state index in [1.54, 1.807) is 14.0 Å². The number of methoxy groups -OCH3 is 1. The van der Waals surface area contributed by atoms with Gasteiger partial charge in [-0.2, -0.15) is 0 Å². The first-order valence-electron chi connectivity index (χ1n) is 4.51. The fourth-order valence-electron chi connectivity index (χ4n) is 1.36. The molecule has 0 saturated carbocycles. The molecule has 0 aliphatic rings. The zero-order valence-corrected chi connectivity index (χ0v) is 10.5. The number of rotatable bonds is 3. The molecular weight excluding hydrogens is 239 g/mol. The van der Waals surface area contributed by atoms with Crippen LogP contribution in [0.2, 0.25) is 0 Å². The van der Waals surface area contributed by atoms with Crippen LogP contribution in [0.4, 0.5) is 0 Å². The number of carbonyl (C=O) groups excluding carboxylic acids is 1. The van der Waals surface area contributed by atoms with Gasteiger partial charge in [-0.3, -0.25) is 0 Å². The number of carbonyl (C=O) groups is 1. The van der Waals surface area contributed by atoms with Crippen LogP contribution in [0.3, 0.4) is 0 Å². The quantitative estimate of drug-likeness (QED) is 0.598. The standard InChI is InChI=1S/C11H13AsO2/c1-4-8-5-10(12)9(7(2)13)6-11(8)14-3/h5-6H,4H2,1-3H3. The van der Waals surface area contributed by atoms with E-state index < -0.39 is 0 Å². The monoisotopic (exact) mass is 252 g/mol. The van der Waals surface area contributed by atoms with Crippen molar-refractivity contribution < 1.29 is 9.53 Å². The van der Waals surface area contributed by atoms with Gasteiger partial charge in [0.15, 0.2) is 0 Å². The molecule has 74 valence electrons. The molecule has 0 unspecified atom stereocenters. The summed E-state index contributed by atoms with van der Waals surface area (Å²) < 4.78 is 6.18. The van der Waals surface area contributed by atoms with Crippen molar-refractivity contribution in [2.75, 3.05) is 7.11 Å². The molecule has 2 radical (unpaired) electrons. The molecular formula is C11H13AsO2. The Balaban J connectivity index is 3.30. The van der Waals surface area contributed by atoms with E-state index in [1.807, 2.05) is 12.1 Å². The Morgan fingerprint density at radius 1 is 1.50 bits per heavy atom. The molecule has 0 atom stereocenters. The molecule has 1 aromatic rings. The summed E-state index contributed by atoms with van der Waals surface area (Å²) in [6.07, 6.45) is 0.909. The predicted molar refractivity (Wildman–Crippen MR) is 57.8 cm³/mol. The van der Waals surface area contributed by atoms with Gasteiger partial charge in [-0.05, 0) is 0 Å². The van der Waals surface area contributed by atoms with Crippen LogP contribution in [0, 0.1) is 0 Å². The van der Waals surface area contributed by atoms with Gasteiger partial charge in [0.05, 0.1) is 0 Å². The Kier molecular flexibility index (Phi) is 3.76. The number of hydrogen-bond donors (Lipinski definition) is 0. The first kappa shape index (κ1) is 11.3. The number of hydrogen-bond acceptors (Lipinski definition) is 2. The zero-order chi connectivity index (χ0) is 10.7. The Morgan fingerprint density at radius 3 is 2.57 bits per heavy atom. The van der Waals surface area contributed by atoms with Crippen molar-refractivity contribution in [2.45, 2.75) is 20.3 Å². The fourth-order valence-corrected chi connectivity index (χ4v) is 2.15. The molecule has 0 bridgehead atoms. The summed E-state index contributed by atoms with van der Waals surface area (Å²) in [4.78, 5) is 11.3. The van der Waals surface area contributed by atoms with Gasteiger partial charge in [0, 0.05) is 0 Å². The van der Waals surface area contributed by atoms with Crippen molar-refractivity contribution in [1.29, 1.82) is 0 Å². The molecule has 0 saturated heterocycles. The number of Topliss-reactive ketones (excluding diaryl/α,β-unsaturated/α-hetero) is 1. The van der Waals surface area contributed by atoms with Crippen molar-refractivity contribution in [3.8, 4) is 5.75 Å². The molecule has 1 rings (SSSR count). The van der Waals surface area contributed by atoms with Gasteiger partial charge in [0.25, 0.3) is 0 Å². The van der Waals surface area contributed by atoms with Crippen LogP contribution in [0.15, 0.2) is 12.1 Å². The SMILES string of the molecule is CCc1cc([As])c(C(C)=O)cc1OC. The van der Waals surface area contributed by atoms with E-state index in [0.717, 1.165) is 27.6 Å². The van der Waals surface area contributed by atoms with Crippen LogP contribution in [0.25, 0.3) is 0 Å². The average molecular weight is 252 g/mol. The van der Waals surface area contributed by atoms with Crippen molar-refractivity contribution in [3.63, 3.8) is 0 Å². The summed E-state index contributed by atoms with van der Waals surface area (Å²) in [5.74, 6) is 0.870. The van der Waals surface area contributed by atoms with Crippen LogP contribution in [0.5, 0.6) is 5.75 Å². The number of benzene rings is 1. The Labute approximate surface area is 93.2 Å². The zero-order valence-electron chi connectivity index (χ0n) is 8.63. The molecule has 0 aromatic heterocycles. The summed E-state index contributed by atoms with van der Waals surface area (Å²) in [5, 5.41) is 0. The van der Waals surface area contributed by atoms with Crippen molar-refractivity contribution in [1.82, 2.24) is 0 Å². The van der Waals surface area contributed by atoms with Crippen molar-refractivity contribution in [3.05, 3.63) is 23.3 Å². The van der Waals surface area contributed by atoms with E-state index in [9.17, 15) is 4.79 Å². The average Bonchev–Trinajstić information content (AvgIpc) is 2.16. The topological polar surface area (TPSA) is 26.3 Å². The first-order chi connectivity index (χ1) is 6.60. The van der Waals surface area contributed by atoms with Crippen molar-refractivity contribution >= 4 is 27.0 Å². The van der Waals surface area contributed by atoms with Crippen LogP contribution in [-0.4, -0.2) is 29.7 Å². The number of aryl methyl sites for hydroxylation is 1. The van der Waals surface area contributed by atoms with E-state index in [-0.39, 0.29) is 5.78 Å². The summed E-state index contributed by atoms with van der Waals surface area (Å²) in [5.41, 5.74) is 1.85. The Bertz CT molecular complexity index is 359. The van der Waals surface area contributed by atoms with Gasteiger partial charge in [0.1, 0.15) is 0 Å². The van der Waals surface area contributed by atoms with Crippen LogP contribution >= 0.6 is 0 Å². The predicted octanol–water partition coefficient (Wildman–Crippen LogP) is 1.25. The molecule has 0 fully saturated rings. The minimum atomic E-state index is 0.0709. The van der Waals surface area contributed by atoms with Crippen molar-refractivity contribution in [2.24, 2.45) is 0 Å². The van der Waals surface area contributed by atoms with Crippen LogP contribution < -0.4 is 9.09 Å². The second-order valence-electron chi connectivity index (χ2n) is 3.09. The normalized spacial score (nSPS) is 10.0. The molecule has 0 N–H and O–H groups in total. The molecule has 1 aromatic carbocycles. The van der Waals surface area contributed by atoms with Gasteiger partial charge in [0.2, 0.25) is 0 Å². The minimum absolute atomic E-state index is 0.0709. The van der Waals surface area contributed by atoms with E-state index >= 15 is 0 Å².